The molecule has 0 unspecified atom stereocenters. The Kier molecular flexibility index (Phi) is 10.4. The fourth-order valence-corrected chi connectivity index (χ4v) is 8.78. The standard InChI is InChI=1S/C59H41N7/c1-41-16-14-26-49(36-41)64(46-22-10-4-11-23-46)51-32-34-55-53(38-51)54-39-52(65(47-24-12-5-13-25-47)50-27-15-17-42(37-50)40-60)33-35-56(54)66(55)48-30-28-45(29-31-48)59-62-57(43-18-6-2-7-19-43)61-58(63-59)44-20-8-3-9-21-44/h2-39H,1H3. The first-order valence-electron chi connectivity index (χ1n) is 21.9. The second-order valence-electron chi connectivity index (χ2n) is 16.2. The van der Waals surface area contributed by atoms with Crippen molar-refractivity contribution >= 4 is 55.9 Å². The minimum absolute atomic E-state index is 0.598. The van der Waals surface area contributed by atoms with Crippen LogP contribution in [0, 0.1) is 18.3 Å². The Balaban J connectivity index is 1.10. The molecule has 0 aliphatic rings. The Morgan fingerprint density at radius 3 is 1.26 bits per heavy atom. The molecule has 2 aromatic heterocycles. The van der Waals surface area contributed by atoms with Crippen LogP contribution in [0.25, 0.3) is 61.7 Å². The van der Waals surface area contributed by atoms with E-state index >= 15 is 0 Å². The average Bonchev–Trinajstić information content (AvgIpc) is 3.70. The largest absolute Gasteiger partial charge is 0.310 e. The van der Waals surface area contributed by atoms with E-state index in [4.69, 9.17) is 15.0 Å². The van der Waals surface area contributed by atoms with Gasteiger partial charge in [0, 0.05) is 67.3 Å². The molecule has 11 aromatic rings. The van der Waals surface area contributed by atoms with Crippen LogP contribution in [-0.4, -0.2) is 19.5 Å². The van der Waals surface area contributed by atoms with Crippen molar-refractivity contribution < 1.29 is 0 Å². The van der Waals surface area contributed by atoms with Crippen LogP contribution in [-0.2, 0) is 0 Å². The zero-order chi connectivity index (χ0) is 44.4. The first-order chi connectivity index (χ1) is 32.6. The highest BCUT2D eigenvalue weighted by atomic mass is 15.2. The molecule has 0 fully saturated rings. The van der Waals surface area contributed by atoms with Gasteiger partial charge in [-0.25, -0.2) is 15.0 Å². The number of fused-ring (bicyclic) bond motifs is 3. The molecule has 7 heteroatoms. The first-order valence-corrected chi connectivity index (χ1v) is 21.9. The summed E-state index contributed by atoms with van der Waals surface area (Å²) >= 11 is 0. The van der Waals surface area contributed by atoms with Gasteiger partial charge in [-0.15, -0.1) is 0 Å². The van der Waals surface area contributed by atoms with Gasteiger partial charge >= 0.3 is 0 Å². The molecule has 7 nitrogen and oxygen atoms in total. The van der Waals surface area contributed by atoms with Crippen molar-refractivity contribution in [1.29, 1.82) is 5.26 Å². The molecule has 312 valence electrons. The van der Waals surface area contributed by atoms with E-state index in [1.807, 2.05) is 97.1 Å². The summed E-state index contributed by atoms with van der Waals surface area (Å²) in [6.07, 6.45) is 0. The van der Waals surface area contributed by atoms with Gasteiger partial charge in [0.15, 0.2) is 17.5 Å². The molecule has 66 heavy (non-hydrogen) atoms. The smallest absolute Gasteiger partial charge is 0.164 e. The molecule has 0 N–H and O–H groups in total. The number of nitriles is 1. The summed E-state index contributed by atoms with van der Waals surface area (Å²) in [6, 6.07) is 81.6. The number of anilines is 6. The monoisotopic (exact) mass is 847 g/mol. The van der Waals surface area contributed by atoms with E-state index < -0.39 is 0 Å². The maximum absolute atomic E-state index is 9.92. The van der Waals surface area contributed by atoms with E-state index in [0.717, 1.165) is 78.3 Å². The maximum Gasteiger partial charge on any atom is 0.164 e. The van der Waals surface area contributed by atoms with Gasteiger partial charge in [-0.1, -0.05) is 115 Å². The molecule has 0 radical (unpaired) electrons. The van der Waals surface area contributed by atoms with Crippen molar-refractivity contribution in [2.24, 2.45) is 0 Å². The summed E-state index contributed by atoms with van der Waals surface area (Å²) < 4.78 is 2.34. The Hall–Kier alpha value is -9.12. The molecule has 0 saturated heterocycles. The van der Waals surface area contributed by atoms with Crippen molar-refractivity contribution in [3.63, 3.8) is 0 Å². The Labute approximate surface area is 383 Å². The Bertz CT molecular complexity index is 3490. The first kappa shape index (κ1) is 39.7. The van der Waals surface area contributed by atoms with E-state index in [1.54, 1.807) is 0 Å². The van der Waals surface area contributed by atoms with Crippen LogP contribution in [0.4, 0.5) is 34.1 Å². The number of aromatic nitrogens is 4. The van der Waals surface area contributed by atoms with Crippen molar-refractivity contribution in [3.8, 4) is 45.9 Å². The van der Waals surface area contributed by atoms with E-state index in [2.05, 4.69) is 161 Å². The number of hydrogen-bond donors (Lipinski definition) is 0. The minimum Gasteiger partial charge on any atom is -0.310 e. The zero-order valence-corrected chi connectivity index (χ0v) is 36.1. The van der Waals surface area contributed by atoms with Crippen LogP contribution >= 0.6 is 0 Å². The van der Waals surface area contributed by atoms with E-state index in [0.29, 0.717) is 23.0 Å². The topological polar surface area (TPSA) is 73.9 Å². The summed E-state index contributed by atoms with van der Waals surface area (Å²) in [5.41, 5.74) is 13.7. The van der Waals surface area contributed by atoms with Crippen molar-refractivity contribution in [2.75, 3.05) is 9.80 Å². The predicted molar refractivity (Wildman–Crippen MR) is 269 cm³/mol. The lowest BCUT2D eigenvalue weighted by Gasteiger charge is -2.26. The second-order valence-corrected chi connectivity index (χ2v) is 16.2. The van der Waals surface area contributed by atoms with Crippen LogP contribution < -0.4 is 9.80 Å². The van der Waals surface area contributed by atoms with Gasteiger partial charge in [0.25, 0.3) is 0 Å². The number of hydrogen-bond acceptors (Lipinski definition) is 6. The molecule has 11 rings (SSSR count). The molecule has 0 saturated carbocycles. The van der Waals surface area contributed by atoms with Gasteiger partial charge < -0.3 is 14.4 Å². The van der Waals surface area contributed by atoms with Gasteiger partial charge in [-0.05, 0) is 128 Å². The van der Waals surface area contributed by atoms with E-state index in [-0.39, 0.29) is 0 Å². The number of aryl methyl sites for hydroxylation is 1. The maximum atomic E-state index is 9.92. The van der Waals surface area contributed by atoms with Crippen LogP contribution in [0.5, 0.6) is 0 Å². The Morgan fingerprint density at radius 1 is 0.379 bits per heavy atom. The van der Waals surface area contributed by atoms with Crippen LogP contribution in [0.3, 0.4) is 0 Å². The summed E-state index contributed by atoms with van der Waals surface area (Å²) in [4.78, 5) is 19.5. The third-order valence-electron chi connectivity index (χ3n) is 11.9. The molecule has 0 bridgehead atoms. The molecular weight excluding hydrogens is 807 g/mol. The summed E-state index contributed by atoms with van der Waals surface area (Å²) in [5.74, 6) is 1.85. The molecule has 0 spiro atoms. The Morgan fingerprint density at radius 2 is 0.788 bits per heavy atom. The molecule has 0 atom stereocenters. The normalized spacial score (nSPS) is 11.1. The van der Waals surface area contributed by atoms with Gasteiger partial charge in [-0.3, -0.25) is 0 Å². The van der Waals surface area contributed by atoms with Crippen LogP contribution in [0.2, 0.25) is 0 Å². The lowest BCUT2D eigenvalue weighted by molar-refractivity contribution is 1.07. The van der Waals surface area contributed by atoms with Crippen LogP contribution in [0.15, 0.2) is 231 Å². The molecular formula is C59H41N7. The van der Waals surface area contributed by atoms with E-state index in [1.165, 1.54) is 5.56 Å². The summed E-state index contributed by atoms with van der Waals surface area (Å²) in [5, 5.41) is 12.1. The van der Waals surface area contributed by atoms with Crippen molar-refractivity contribution in [2.45, 2.75) is 6.92 Å². The summed E-state index contributed by atoms with van der Waals surface area (Å²) in [6.45, 7) is 2.13. The predicted octanol–water partition coefficient (Wildman–Crippen LogP) is 15.1. The number of para-hydroxylation sites is 2. The fourth-order valence-electron chi connectivity index (χ4n) is 8.78. The van der Waals surface area contributed by atoms with Crippen molar-refractivity contribution in [1.82, 2.24) is 19.5 Å². The van der Waals surface area contributed by atoms with Gasteiger partial charge in [0.05, 0.1) is 22.7 Å². The van der Waals surface area contributed by atoms with Gasteiger partial charge in [0.2, 0.25) is 0 Å². The number of rotatable bonds is 10. The highest BCUT2D eigenvalue weighted by Crippen LogP contribution is 2.43. The third-order valence-corrected chi connectivity index (χ3v) is 11.9. The molecule has 9 aromatic carbocycles. The summed E-state index contributed by atoms with van der Waals surface area (Å²) in [7, 11) is 0. The molecule has 0 aliphatic heterocycles. The minimum atomic E-state index is 0.598. The number of nitrogens with zero attached hydrogens (tertiary/aromatic N) is 7. The van der Waals surface area contributed by atoms with Gasteiger partial charge in [-0.2, -0.15) is 5.26 Å². The third kappa shape index (κ3) is 7.59. The van der Waals surface area contributed by atoms with Crippen molar-refractivity contribution in [3.05, 3.63) is 242 Å². The molecule has 2 heterocycles. The fraction of sp³-hybridized carbons (Fsp3) is 0.0169. The zero-order valence-electron chi connectivity index (χ0n) is 36.1. The molecule has 0 amide bonds. The lowest BCUT2D eigenvalue weighted by Crippen LogP contribution is -2.10. The average molecular weight is 848 g/mol. The quantitative estimate of drug-likeness (QED) is 0.136. The number of benzene rings is 9. The van der Waals surface area contributed by atoms with E-state index in [9.17, 15) is 5.26 Å². The van der Waals surface area contributed by atoms with Crippen LogP contribution in [0.1, 0.15) is 11.1 Å². The lowest BCUT2D eigenvalue weighted by atomic mass is 10.1. The highest BCUT2D eigenvalue weighted by molar-refractivity contribution is 6.12. The molecule has 0 aliphatic carbocycles. The SMILES string of the molecule is Cc1cccc(N(c2ccccc2)c2ccc3c(c2)c2cc(N(c4ccccc4)c4cccc(C#N)c4)ccc2n3-c2ccc(-c3nc(-c4ccccc4)nc(-c4ccccc4)n3)cc2)c1. The highest BCUT2D eigenvalue weighted by Gasteiger charge is 2.21. The second kappa shape index (κ2) is 17.2. The van der Waals surface area contributed by atoms with Gasteiger partial charge in [0.1, 0.15) is 0 Å².